The van der Waals surface area contributed by atoms with E-state index in [2.05, 4.69) is 10.3 Å². The molecule has 2 heterocycles. The van der Waals surface area contributed by atoms with Crippen LogP contribution in [0.15, 0.2) is 22.6 Å². The summed E-state index contributed by atoms with van der Waals surface area (Å²) in [5.74, 6) is 1.40. The number of aromatic nitrogens is 1. The highest BCUT2D eigenvalue weighted by atomic mass is 16.5. The van der Waals surface area contributed by atoms with Crippen molar-refractivity contribution in [3.05, 3.63) is 24.1 Å². The monoisotopic (exact) mass is 262 g/mol. The fourth-order valence-corrected chi connectivity index (χ4v) is 2.29. The minimum atomic E-state index is 0.311. The summed E-state index contributed by atoms with van der Waals surface area (Å²) in [7, 11) is 1.64. The first kappa shape index (κ1) is 12.4. The van der Waals surface area contributed by atoms with Crippen LogP contribution in [0, 0.1) is 0 Å². The summed E-state index contributed by atoms with van der Waals surface area (Å²) in [6.07, 6.45) is 2.41. The molecular weight excluding hydrogens is 244 g/mol. The van der Waals surface area contributed by atoms with Gasteiger partial charge in [0.15, 0.2) is 5.58 Å². The van der Waals surface area contributed by atoms with Gasteiger partial charge in [0.05, 0.1) is 13.2 Å². The first-order chi connectivity index (χ1) is 9.35. The van der Waals surface area contributed by atoms with Crippen LogP contribution in [-0.2, 0) is 11.3 Å². The number of oxazole rings is 1. The maximum absolute atomic E-state index is 5.83. The molecule has 102 valence electrons. The third-order valence-electron chi connectivity index (χ3n) is 3.37. The molecule has 1 fully saturated rings. The Kier molecular flexibility index (Phi) is 3.66. The molecule has 1 aliphatic heterocycles. The predicted molar refractivity (Wildman–Crippen MR) is 71.2 cm³/mol. The molecule has 2 aromatic rings. The van der Waals surface area contributed by atoms with Crippen molar-refractivity contribution >= 4 is 11.1 Å². The van der Waals surface area contributed by atoms with Crippen LogP contribution in [-0.4, -0.2) is 31.3 Å². The summed E-state index contributed by atoms with van der Waals surface area (Å²) in [5.41, 5.74) is 1.58. The van der Waals surface area contributed by atoms with Crippen molar-refractivity contribution in [1.82, 2.24) is 10.3 Å². The van der Waals surface area contributed by atoms with Crippen LogP contribution in [0.5, 0.6) is 5.75 Å². The van der Waals surface area contributed by atoms with Gasteiger partial charge in [0.2, 0.25) is 5.89 Å². The van der Waals surface area contributed by atoms with Crippen molar-refractivity contribution in [3.63, 3.8) is 0 Å². The zero-order chi connectivity index (χ0) is 13.1. The molecule has 3 rings (SSSR count). The lowest BCUT2D eigenvalue weighted by Crippen LogP contribution is -2.32. The molecule has 0 saturated carbocycles. The molecule has 0 spiro atoms. The van der Waals surface area contributed by atoms with Crippen molar-refractivity contribution in [2.45, 2.75) is 25.6 Å². The van der Waals surface area contributed by atoms with Crippen LogP contribution in [0.3, 0.4) is 0 Å². The van der Waals surface area contributed by atoms with Gasteiger partial charge in [0.25, 0.3) is 0 Å². The average Bonchev–Trinajstić information content (AvgIpc) is 2.88. The predicted octanol–water partition coefficient (Wildman–Crippen LogP) is 2.10. The van der Waals surface area contributed by atoms with Crippen LogP contribution in [0.4, 0.5) is 0 Å². The Balaban J connectivity index is 1.67. The van der Waals surface area contributed by atoms with E-state index in [-0.39, 0.29) is 0 Å². The van der Waals surface area contributed by atoms with Crippen molar-refractivity contribution in [2.24, 2.45) is 0 Å². The SMILES string of the molecule is COc1ccc2nc(COC3CCNCC3)oc2c1. The fraction of sp³-hybridized carbons (Fsp3) is 0.500. The molecule has 1 saturated heterocycles. The number of ether oxygens (including phenoxy) is 2. The first-order valence-electron chi connectivity index (χ1n) is 6.61. The van der Waals surface area contributed by atoms with E-state index < -0.39 is 0 Å². The highest BCUT2D eigenvalue weighted by molar-refractivity contribution is 5.74. The Morgan fingerprint density at radius 1 is 1.37 bits per heavy atom. The lowest BCUT2D eigenvalue weighted by atomic mass is 10.1. The summed E-state index contributed by atoms with van der Waals surface area (Å²) in [5, 5.41) is 3.31. The standard InChI is InChI=1S/C14H18N2O3/c1-17-11-2-3-12-13(8-11)19-14(16-12)9-18-10-4-6-15-7-5-10/h2-3,8,10,15H,4-7,9H2,1H3. The Labute approximate surface area is 111 Å². The summed E-state index contributed by atoms with van der Waals surface area (Å²) >= 11 is 0. The van der Waals surface area contributed by atoms with Crippen molar-refractivity contribution in [1.29, 1.82) is 0 Å². The summed E-state index contributed by atoms with van der Waals surface area (Å²) in [4.78, 5) is 4.41. The maximum atomic E-state index is 5.83. The number of nitrogens with one attached hydrogen (secondary N) is 1. The van der Waals surface area contributed by atoms with E-state index in [1.54, 1.807) is 7.11 Å². The number of piperidine rings is 1. The van der Waals surface area contributed by atoms with Gasteiger partial charge >= 0.3 is 0 Å². The molecular formula is C14H18N2O3. The molecule has 0 unspecified atom stereocenters. The van der Waals surface area contributed by atoms with E-state index in [1.807, 2.05) is 18.2 Å². The molecule has 0 aliphatic carbocycles. The third kappa shape index (κ3) is 2.88. The first-order valence-corrected chi connectivity index (χ1v) is 6.61. The van der Waals surface area contributed by atoms with Gasteiger partial charge in [0.1, 0.15) is 17.9 Å². The van der Waals surface area contributed by atoms with Gasteiger partial charge < -0.3 is 19.2 Å². The Morgan fingerprint density at radius 2 is 2.21 bits per heavy atom. The minimum absolute atomic E-state index is 0.311. The van der Waals surface area contributed by atoms with E-state index in [9.17, 15) is 0 Å². The Bertz CT molecular complexity index is 547. The lowest BCUT2D eigenvalue weighted by molar-refractivity contribution is 0.0113. The molecule has 19 heavy (non-hydrogen) atoms. The Morgan fingerprint density at radius 3 is 3.00 bits per heavy atom. The molecule has 5 nitrogen and oxygen atoms in total. The number of hydrogen-bond donors (Lipinski definition) is 1. The van der Waals surface area contributed by atoms with Crippen molar-refractivity contribution in [2.75, 3.05) is 20.2 Å². The minimum Gasteiger partial charge on any atom is -0.497 e. The van der Waals surface area contributed by atoms with E-state index in [0.717, 1.165) is 42.8 Å². The summed E-state index contributed by atoms with van der Waals surface area (Å²) in [6, 6.07) is 5.62. The highest BCUT2D eigenvalue weighted by Crippen LogP contribution is 2.22. The van der Waals surface area contributed by atoms with Crippen LogP contribution in [0.1, 0.15) is 18.7 Å². The van der Waals surface area contributed by atoms with Crippen molar-refractivity contribution < 1.29 is 13.9 Å². The maximum Gasteiger partial charge on any atom is 0.221 e. The topological polar surface area (TPSA) is 56.5 Å². The van der Waals surface area contributed by atoms with E-state index >= 15 is 0 Å². The number of methoxy groups -OCH3 is 1. The van der Waals surface area contributed by atoms with Gasteiger partial charge in [-0.15, -0.1) is 0 Å². The van der Waals surface area contributed by atoms with Crippen LogP contribution in [0.25, 0.3) is 11.1 Å². The number of benzene rings is 1. The van der Waals surface area contributed by atoms with Crippen LogP contribution >= 0.6 is 0 Å². The van der Waals surface area contributed by atoms with Crippen LogP contribution in [0.2, 0.25) is 0 Å². The molecule has 1 aromatic carbocycles. The van der Waals surface area contributed by atoms with Gasteiger partial charge in [-0.2, -0.15) is 0 Å². The van der Waals surface area contributed by atoms with E-state index in [4.69, 9.17) is 13.9 Å². The second-order valence-electron chi connectivity index (χ2n) is 4.70. The molecule has 1 N–H and O–H groups in total. The fourth-order valence-electron chi connectivity index (χ4n) is 2.29. The molecule has 0 amide bonds. The molecule has 0 atom stereocenters. The number of hydrogen-bond acceptors (Lipinski definition) is 5. The largest absolute Gasteiger partial charge is 0.497 e. The van der Waals surface area contributed by atoms with E-state index in [1.165, 1.54) is 0 Å². The van der Waals surface area contributed by atoms with Gasteiger partial charge in [0, 0.05) is 6.07 Å². The molecule has 0 radical (unpaired) electrons. The molecule has 0 bridgehead atoms. The lowest BCUT2D eigenvalue weighted by Gasteiger charge is -2.22. The zero-order valence-electron chi connectivity index (χ0n) is 11.0. The zero-order valence-corrected chi connectivity index (χ0v) is 11.0. The normalized spacial score (nSPS) is 16.9. The smallest absolute Gasteiger partial charge is 0.221 e. The second-order valence-corrected chi connectivity index (χ2v) is 4.70. The van der Waals surface area contributed by atoms with Gasteiger partial charge in [-0.25, -0.2) is 4.98 Å². The van der Waals surface area contributed by atoms with Gasteiger partial charge in [-0.3, -0.25) is 0 Å². The van der Waals surface area contributed by atoms with Crippen LogP contribution < -0.4 is 10.1 Å². The molecule has 5 heteroatoms. The highest BCUT2D eigenvalue weighted by Gasteiger charge is 2.15. The van der Waals surface area contributed by atoms with Gasteiger partial charge in [-0.1, -0.05) is 0 Å². The molecule has 1 aromatic heterocycles. The van der Waals surface area contributed by atoms with Crippen molar-refractivity contribution in [3.8, 4) is 5.75 Å². The quantitative estimate of drug-likeness (QED) is 0.914. The summed E-state index contributed by atoms with van der Waals surface area (Å²) in [6.45, 7) is 2.48. The molecule has 1 aliphatic rings. The number of rotatable bonds is 4. The number of nitrogens with zero attached hydrogens (tertiary/aromatic N) is 1. The van der Waals surface area contributed by atoms with E-state index in [0.29, 0.717) is 18.6 Å². The van der Waals surface area contributed by atoms with Gasteiger partial charge in [-0.05, 0) is 38.1 Å². The summed E-state index contributed by atoms with van der Waals surface area (Å²) < 4.78 is 16.7. The second kappa shape index (κ2) is 5.59. The number of fused-ring (bicyclic) bond motifs is 1. The Hall–Kier alpha value is -1.59. The third-order valence-corrected chi connectivity index (χ3v) is 3.37. The average molecular weight is 262 g/mol.